The first-order valence-corrected chi connectivity index (χ1v) is 7.18. The van der Waals surface area contributed by atoms with Crippen LogP contribution in [0.15, 0.2) is 28.7 Å². The predicted molar refractivity (Wildman–Crippen MR) is 78.5 cm³/mol. The second-order valence-corrected chi connectivity index (χ2v) is 5.28. The van der Waals surface area contributed by atoms with Gasteiger partial charge in [-0.3, -0.25) is 4.79 Å². The number of benzene rings is 1. The number of halogens is 1. The number of amides is 1. The van der Waals surface area contributed by atoms with Gasteiger partial charge in [0.2, 0.25) is 5.91 Å². The first-order chi connectivity index (χ1) is 8.63. The molecule has 1 aromatic rings. The molecule has 1 aromatic carbocycles. The summed E-state index contributed by atoms with van der Waals surface area (Å²) in [6.07, 6.45) is 2.13. The Bertz CT molecular complexity index is 382. The number of hydrogen-bond acceptors (Lipinski definition) is 2. The number of carbonyl (C=O) groups excluding carboxylic acids is 1. The lowest BCUT2D eigenvalue weighted by Crippen LogP contribution is -2.35. The van der Waals surface area contributed by atoms with Crippen molar-refractivity contribution >= 4 is 21.8 Å². The second-order valence-electron chi connectivity index (χ2n) is 4.36. The van der Waals surface area contributed by atoms with E-state index in [1.54, 1.807) is 0 Å². The van der Waals surface area contributed by atoms with Gasteiger partial charge in [-0.1, -0.05) is 41.4 Å². The minimum Gasteiger partial charge on any atom is -0.355 e. The maximum absolute atomic E-state index is 11.5. The van der Waals surface area contributed by atoms with Crippen LogP contribution in [-0.2, 0) is 4.79 Å². The Morgan fingerprint density at radius 2 is 2.22 bits per heavy atom. The van der Waals surface area contributed by atoms with Crippen LogP contribution >= 0.6 is 15.9 Å². The van der Waals surface area contributed by atoms with E-state index < -0.39 is 0 Å². The third-order valence-electron chi connectivity index (χ3n) is 2.77. The van der Waals surface area contributed by atoms with Crippen LogP contribution in [0.1, 0.15) is 38.3 Å². The summed E-state index contributed by atoms with van der Waals surface area (Å²) in [7, 11) is 0. The Kier molecular flexibility index (Phi) is 6.98. The van der Waals surface area contributed by atoms with E-state index in [0.717, 1.165) is 23.9 Å². The number of rotatable bonds is 7. The molecule has 4 heteroatoms. The lowest BCUT2D eigenvalue weighted by molar-refractivity contribution is -0.120. The Morgan fingerprint density at radius 3 is 2.89 bits per heavy atom. The molecular weight excluding hydrogens is 292 g/mol. The van der Waals surface area contributed by atoms with Crippen molar-refractivity contribution in [3.63, 3.8) is 0 Å². The first kappa shape index (κ1) is 15.2. The van der Waals surface area contributed by atoms with Gasteiger partial charge in [-0.25, -0.2) is 0 Å². The lowest BCUT2D eigenvalue weighted by Gasteiger charge is -2.14. The molecule has 18 heavy (non-hydrogen) atoms. The predicted octanol–water partition coefficient (Wildman–Crippen LogP) is 3.02. The normalized spacial score (nSPS) is 12.2. The quantitative estimate of drug-likeness (QED) is 0.760. The van der Waals surface area contributed by atoms with Crippen LogP contribution in [0.25, 0.3) is 0 Å². The van der Waals surface area contributed by atoms with Crippen molar-refractivity contribution in [2.24, 2.45) is 0 Å². The molecule has 0 aromatic heterocycles. The van der Waals surface area contributed by atoms with Crippen LogP contribution in [0.2, 0.25) is 0 Å². The van der Waals surface area contributed by atoms with Gasteiger partial charge in [-0.05, 0) is 31.0 Å². The van der Waals surface area contributed by atoms with Crippen LogP contribution in [0.4, 0.5) is 0 Å². The molecule has 2 N–H and O–H groups in total. The highest BCUT2D eigenvalue weighted by Gasteiger charge is 2.07. The van der Waals surface area contributed by atoms with Gasteiger partial charge in [0.05, 0.1) is 6.54 Å². The third kappa shape index (κ3) is 5.65. The Balaban J connectivity index is 2.32. The zero-order valence-corrected chi connectivity index (χ0v) is 12.6. The highest BCUT2D eigenvalue weighted by Crippen LogP contribution is 2.17. The Morgan fingerprint density at radius 1 is 1.44 bits per heavy atom. The summed E-state index contributed by atoms with van der Waals surface area (Å²) in [5.41, 5.74) is 1.17. The zero-order chi connectivity index (χ0) is 13.4. The number of unbranched alkanes of at least 4 members (excludes halogenated alkanes) is 1. The van der Waals surface area contributed by atoms with Gasteiger partial charge in [-0.15, -0.1) is 0 Å². The van der Waals surface area contributed by atoms with Gasteiger partial charge in [-0.2, -0.15) is 0 Å². The Hall–Kier alpha value is -0.870. The number of hydrogen-bond donors (Lipinski definition) is 2. The van der Waals surface area contributed by atoms with Gasteiger partial charge in [0.1, 0.15) is 0 Å². The van der Waals surface area contributed by atoms with Gasteiger partial charge in [0.25, 0.3) is 0 Å². The average Bonchev–Trinajstić information content (AvgIpc) is 2.36. The third-order valence-corrected chi connectivity index (χ3v) is 3.26. The van der Waals surface area contributed by atoms with Crippen molar-refractivity contribution in [3.05, 3.63) is 34.3 Å². The van der Waals surface area contributed by atoms with Crippen molar-refractivity contribution < 1.29 is 4.79 Å². The van der Waals surface area contributed by atoms with Gasteiger partial charge in [0.15, 0.2) is 0 Å². The molecule has 0 radical (unpaired) electrons. The SMILES string of the molecule is CCCCNC(=O)CNC(C)c1cccc(Br)c1. The summed E-state index contributed by atoms with van der Waals surface area (Å²) >= 11 is 3.45. The summed E-state index contributed by atoms with van der Waals surface area (Å²) in [5.74, 6) is 0.0605. The van der Waals surface area contributed by atoms with Gasteiger partial charge < -0.3 is 10.6 Å². The summed E-state index contributed by atoms with van der Waals surface area (Å²) in [5, 5.41) is 6.11. The van der Waals surface area contributed by atoms with E-state index in [1.807, 2.05) is 12.1 Å². The molecular formula is C14H21BrN2O. The van der Waals surface area contributed by atoms with Crippen molar-refractivity contribution in [3.8, 4) is 0 Å². The molecule has 0 aliphatic heterocycles. The largest absolute Gasteiger partial charge is 0.355 e. The molecule has 0 bridgehead atoms. The monoisotopic (exact) mass is 312 g/mol. The zero-order valence-electron chi connectivity index (χ0n) is 11.0. The molecule has 0 heterocycles. The average molecular weight is 313 g/mol. The van der Waals surface area contributed by atoms with Crippen LogP contribution in [0.5, 0.6) is 0 Å². The molecule has 1 amide bonds. The van der Waals surface area contributed by atoms with Crippen LogP contribution in [0, 0.1) is 0 Å². The molecule has 1 rings (SSSR count). The Labute approximate surface area is 117 Å². The van der Waals surface area contributed by atoms with E-state index in [4.69, 9.17) is 0 Å². The fourth-order valence-electron chi connectivity index (χ4n) is 1.61. The molecule has 0 spiro atoms. The first-order valence-electron chi connectivity index (χ1n) is 6.39. The molecule has 0 aliphatic carbocycles. The molecule has 1 atom stereocenters. The van der Waals surface area contributed by atoms with Crippen LogP contribution in [-0.4, -0.2) is 19.0 Å². The topological polar surface area (TPSA) is 41.1 Å². The van der Waals surface area contributed by atoms with Crippen molar-refractivity contribution in [1.82, 2.24) is 10.6 Å². The smallest absolute Gasteiger partial charge is 0.233 e. The number of nitrogens with one attached hydrogen (secondary N) is 2. The lowest BCUT2D eigenvalue weighted by atomic mass is 10.1. The molecule has 3 nitrogen and oxygen atoms in total. The van der Waals surface area contributed by atoms with Gasteiger partial charge >= 0.3 is 0 Å². The minimum atomic E-state index is 0.0605. The second kappa shape index (κ2) is 8.27. The summed E-state index contributed by atoms with van der Waals surface area (Å²) in [6, 6.07) is 8.27. The fraction of sp³-hybridized carbons (Fsp3) is 0.500. The summed E-state index contributed by atoms with van der Waals surface area (Å²) in [6.45, 7) is 5.29. The standard InChI is InChI=1S/C14H21BrN2O/c1-3-4-8-16-14(18)10-17-11(2)12-6-5-7-13(15)9-12/h5-7,9,11,17H,3-4,8,10H2,1-2H3,(H,16,18). The molecule has 0 saturated carbocycles. The van der Waals surface area contributed by atoms with Crippen molar-refractivity contribution in [1.29, 1.82) is 0 Å². The number of carbonyl (C=O) groups is 1. The van der Waals surface area contributed by atoms with E-state index in [1.165, 1.54) is 5.56 Å². The molecule has 0 aliphatic rings. The summed E-state index contributed by atoms with van der Waals surface area (Å²) in [4.78, 5) is 11.5. The molecule has 100 valence electrons. The van der Waals surface area contributed by atoms with Crippen molar-refractivity contribution in [2.45, 2.75) is 32.7 Å². The fourth-order valence-corrected chi connectivity index (χ4v) is 2.02. The maximum atomic E-state index is 11.5. The molecule has 0 fully saturated rings. The van der Waals surface area contributed by atoms with E-state index in [9.17, 15) is 4.79 Å². The van der Waals surface area contributed by atoms with Crippen molar-refractivity contribution in [2.75, 3.05) is 13.1 Å². The highest BCUT2D eigenvalue weighted by molar-refractivity contribution is 9.10. The highest BCUT2D eigenvalue weighted by atomic mass is 79.9. The van der Waals surface area contributed by atoms with Crippen LogP contribution in [0.3, 0.4) is 0 Å². The van der Waals surface area contributed by atoms with E-state index in [-0.39, 0.29) is 11.9 Å². The van der Waals surface area contributed by atoms with E-state index >= 15 is 0 Å². The van der Waals surface area contributed by atoms with Gasteiger partial charge in [0, 0.05) is 17.1 Å². The van der Waals surface area contributed by atoms with Crippen LogP contribution < -0.4 is 10.6 Å². The minimum absolute atomic E-state index is 0.0605. The molecule has 1 unspecified atom stereocenters. The van der Waals surface area contributed by atoms with E-state index in [2.05, 4.69) is 52.5 Å². The molecule has 0 saturated heterocycles. The summed E-state index contributed by atoms with van der Waals surface area (Å²) < 4.78 is 1.06. The van der Waals surface area contributed by atoms with E-state index in [0.29, 0.717) is 6.54 Å². The maximum Gasteiger partial charge on any atom is 0.233 e.